The zero-order valence-electron chi connectivity index (χ0n) is 14.9. The Morgan fingerprint density at radius 2 is 1.26 bits per heavy atom. The van der Waals surface area contributed by atoms with Gasteiger partial charge in [0.1, 0.15) is 0 Å². The van der Waals surface area contributed by atoms with Crippen LogP contribution in [-0.4, -0.2) is 24.9 Å². The monoisotopic (exact) mass is 316 g/mol. The van der Waals surface area contributed by atoms with Gasteiger partial charge in [-0.1, -0.05) is 24.3 Å². The maximum absolute atomic E-state index is 9.91. The third-order valence-electron chi connectivity index (χ3n) is 8.38. The van der Waals surface area contributed by atoms with Gasteiger partial charge in [-0.15, -0.1) is 0 Å². The van der Waals surface area contributed by atoms with Crippen LogP contribution in [-0.2, 0) is 0 Å². The van der Waals surface area contributed by atoms with Crippen molar-refractivity contribution in [1.29, 1.82) is 1.43 Å². The van der Waals surface area contributed by atoms with E-state index in [1.165, 1.54) is 32.1 Å². The van der Waals surface area contributed by atoms with Crippen LogP contribution in [0.25, 0.3) is 0 Å². The smallest absolute Gasteiger partial charge is 0.210 e. The molecule has 0 spiro atoms. The van der Waals surface area contributed by atoms with E-state index in [2.05, 4.69) is 24.3 Å². The first-order valence-corrected chi connectivity index (χ1v) is 9.85. The van der Waals surface area contributed by atoms with Gasteiger partial charge in [0.2, 0.25) is 1.43 Å². The fraction of sp³-hybridized carbons (Fsp3) is 0.810. The Kier molecular flexibility index (Phi) is 3.24. The molecule has 0 aliphatic heterocycles. The summed E-state index contributed by atoms with van der Waals surface area (Å²) in [6, 6.07) is 0. The van der Waals surface area contributed by atoms with E-state index in [4.69, 9.17) is 6.54 Å². The molecule has 0 heterocycles. The van der Waals surface area contributed by atoms with Gasteiger partial charge in [0.25, 0.3) is 0 Å². The van der Waals surface area contributed by atoms with E-state index in [0.717, 1.165) is 35.5 Å². The Labute approximate surface area is 141 Å². The molecular weight excluding hydrogens is 284 g/mol. The molecule has 3 saturated carbocycles. The maximum atomic E-state index is 9.91. The van der Waals surface area contributed by atoms with Crippen molar-refractivity contribution >= 4 is 0 Å². The van der Waals surface area contributed by atoms with Gasteiger partial charge in [-0.05, 0) is 91.3 Å². The molecule has 4 unspecified atom stereocenters. The predicted molar refractivity (Wildman–Crippen MR) is 90.4 cm³/mol. The molecule has 2 N–H and O–H groups in total. The molecule has 0 saturated heterocycles. The second-order valence-electron chi connectivity index (χ2n) is 9.06. The van der Waals surface area contributed by atoms with Crippen molar-refractivity contribution in [2.75, 3.05) is 13.2 Å². The standard InChI is InChI=1S/C21H30O2/c22-10-18-12-1-3-14(7-12)20(18)16-5-6-17(9-16)21-15-4-2-13(8-15)19(21)11-23/h1-4,12-23H,5-11H2/t12-,13+,14+,15-,16?,17?,18?,19?,20-,21+/i22T/m0/s1. The quantitative estimate of drug-likeness (QED) is 0.764. The number of hydrogen-bond donors (Lipinski definition) is 2. The molecule has 5 aliphatic carbocycles. The lowest BCUT2D eigenvalue weighted by atomic mass is 9.71. The van der Waals surface area contributed by atoms with Crippen molar-refractivity contribution in [3.8, 4) is 0 Å². The Bertz CT molecular complexity index is 544. The molecular formula is C21H30O2. The van der Waals surface area contributed by atoms with Gasteiger partial charge < -0.3 is 10.2 Å². The van der Waals surface area contributed by atoms with Crippen LogP contribution in [0, 0.1) is 59.2 Å². The molecule has 0 aromatic heterocycles. The molecule has 23 heavy (non-hydrogen) atoms. The second kappa shape index (κ2) is 5.46. The van der Waals surface area contributed by atoms with Gasteiger partial charge in [-0.2, -0.15) is 0 Å². The molecule has 4 bridgehead atoms. The Morgan fingerprint density at radius 1 is 0.739 bits per heavy atom. The van der Waals surface area contributed by atoms with Crippen LogP contribution in [0.15, 0.2) is 24.3 Å². The fourth-order valence-electron chi connectivity index (χ4n) is 7.57. The maximum Gasteiger partial charge on any atom is 0.210 e. The van der Waals surface area contributed by atoms with E-state index in [1.54, 1.807) is 0 Å². The van der Waals surface area contributed by atoms with Gasteiger partial charge in [-0.3, -0.25) is 0 Å². The van der Waals surface area contributed by atoms with Crippen molar-refractivity contribution in [3.05, 3.63) is 24.3 Å². The minimum absolute atomic E-state index is 0.378. The van der Waals surface area contributed by atoms with Gasteiger partial charge in [0.15, 0.2) is 0 Å². The highest BCUT2D eigenvalue weighted by Gasteiger charge is 2.52. The molecule has 0 aromatic rings. The molecule has 2 heteroatoms. The minimum atomic E-state index is 0.378. The van der Waals surface area contributed by atoms with Crippen LogP contribution >= 0.6 is 0 Å². The van der Waals surface area contributed by atoms with Crippen LogP contribution in [0.5, 0.6) is 0 Å². The largest absolute Gasteiger partial charge is 0.396 e. The highest BCUT2D eigenvalue weighted by molar-refractivity contribution is 5.17. The van der Waals surface area contributed by atoms with Crippen LogP contribution in [0.1, 0.15) is 32.1 Å². The third-order valence-corrected chi connectivity index (χ3v) is 8.38. The average molecular weight is 316 g/mol. The Hall–Kier alpha value is -0.600. The summed E-state index contributed by atoms with van der Waals surface area (Å²) in [5, 5.41) is 14.8. The van der Waals surface area contributed by atoms with Crippen LogP contribution < -0.4 is 0 Å². The normalized spacial score (nSPS) is 56.8. The number of aliphatic hydroxyl groups excluding tert-OH is 2. The number of aliphatic hydroxyl groups is 2. The summed E-state index contributed by atoms with van der Waals surface area (Å²) in [5.41, 5.74) is 0. The minimum Gasteiger partial charge on any atom is -0.396 e. The van der Waals surface area contributed by atoms with Crippen molar-refractivity contribution in [1.82, 2.24) is 0 Å². The van der Waals surface area contributed by atoms with Crippen molar-refractivity contribution in [2.24, 2.45) is 59.2 Å². The molecule has 0 radical (unpaired) electrons. The van der Waals surface area contributed by atoms with E-state index in [0.29, 0.717) is 36.9 Å². The molecule has 2 nitrogen and oxygen atoms in total. The SMILES string of the molecule is [3H]OCC1[C@H](C2CCC([C@@H]3C(CO)[C@@H]4C=C[C@H]3C4)C2)[C@@H]2C=C[C@H]1C2. The summed E-state index contributed by atoms with van der Waals surface area (Å²) in [7, 11) is 0. The average Bonchev–Trinajstić information content (AvgIpc) is 3.37. The molecule has 5 rings (SSSR count). The Morgan fingerprint density at radius 3 is 1.78 bits per heavy atom. The summed E-state index contributed by atoms with van der Waals surface area (Å²) in [5.74, 6) is 7.01. The number of allylic oxidation sites excluding steroid dienone is 4. The van der Waals surface area contributed by atoms with E-state index >= 15 is 0 Å². The highest BCUT2D eigenvalue weighted by Crippen LogP contribution is 2.59. The van der Waals surface area contributed by atoms with E-state index < -0.39 is 0 Å². The number of hydrogen-bond acceptors (Lipinski definition) is 2. The lowest BCUT2D eigenvalue weighted by Crippen LogP contribution is -2.31. The Balaban J connectivity index is 1.31. The first-order valence-electron chi connectivity index (χ1n) is 10.3. The van der Waals surface area contributed by atoms with Crippen LogP contribution in [0.3, 0.4) is 0 Å². The molecule has 5 aliphatic rings. The molecule has 10 atom stereocenters. The summed E-state index contributed by atoms with van der Waals surface area (Å²) in [6.45, 7) is 0.997. The zero-order chi connectivity index (χ0) is 16.3. The van der Waals surface area contributed by atoms with E-state index in [-0.39, 0.29) is 0 Å². The molecule has 0 aromatic carbocycles. The molecule has 0 amide bonds. The van der Waals surface area contributed by atoms with Crippen molar-refractivity contribution in [2.45, 2.75) is 32.1 Å². The second-order valence-corrected chi connectivity index (χ2v) is 9.06. The zero-order valence-corrected chi connectivity index (χ0v) is 13.9. The van der Waals surface area contributed by atoms with Crippen molar-refractivity contribution < 1.29 is 10.2 Å². The van der Waals surface area contributed by atoms with Crippen LogP contribution in [0.4, 0.5) is 0 Å². The fourth-order valence-corrected chi connectivity index (χ4v) is 7.57. The lowest BCUT2D eigenvalue weighted by molar-refractivity contribution is 0.107. The van der Waals surface area contributed by atoms with Crippen LogP contribution in [0.2, 0.25) is 0 Å². The summed E-state index contributed by atoms with van der Waals surface area (Å²) >= 11 is 0. The first-order chi connectivity index (χ1) is 11.8. The van der Waals surface area contributed by atoms with E-state index in [1.807, 2.05) is 0 Å². The van der Waals surface area contributed by atoms with Gasteiger partial charge >= 0.3 is 0 Å². The summed E-state index contributed by atoms with van der Waals surface area (Å²) < 4.78 is 7.23. The topological polar surface area (TPSA) is 40.5 Å². The van der Waals surface area contributed by atoms with Gasteiger partial charge in [0, 0.05) is 13.2 Å². The highest BCUT2D eigenvalue weighted by atomic mass is 16.3. The third kappa shape index (κ3) is 2.07. The lowest BCUT2D eigenvalue weighted by Gasteiger charge is -2.34. The van der Waals surface area contributed by atoms with Gasteiger partial charge in [-0.25, -0.2) is 0 Å². The predicted octanol–water partition coefficient (Wildman–Crippen LogP) is 3.26. The van der Waals surface area contributed by atoms with Crippen molar-refractivity contribution in [3.63, 3.8) is 0 Å². The molecule has 3 fully saturated rings. The first kappa shape index (κ1) is 13.7. The molecule has 126 valence electrons. The summed E-state index contributed by atoms with van der Waals surface area (Å²) in [4.78, 5) is 0. The van der Waals surface area contributed by atoms with E-state index in [9.17, 15) is 5.11 Å². The number of fused-ring (bicyclic) bond motifs is 4. The summed E-state index contributed by atoms with van der Waals surface area (Å²) in [6.07, 6.45) is 16.3. The van der Waals surface area contributed by atoms with Gasteiger partial charge in [0.05, 0.1) is 0 Å². The number of rotatable bonds is 5.